The van der Waals surface area contributed by atoms with E-state index < -0.39 is 0 Å². The van der Waals surface area contributed by atoms with Crippen molar-refractivity contribution in [1.82, 2.24) is 4.90 Å². The highest BCUT2D eigenvalue weighted by Crippen LogP contribution is 2.15. The smallest absolute Gasteiger partial charge is 0.127 e. The van der Waals surface area contributed by atoms with Crippen LogP contribution in [0.3, 0.4) is 0 Å². The van der Waals surface area contributed by atoms with Crippen molar-refractivity contribution in [2.75, 3.05) is 39.5 Å². The van der Waals surface area contributed by atoms with Crippen molar-refractivity contribution in [1.29, 1.82) is 5.41 Å². The third kappa shape index (κ3) is 2.90. The van der Waals surface area contributed by atoms with Crippen molar-refractivity contribution >= 4 is 5.84 Å². The van der Waals surface area contributed by atoms with E-state index in [9.17, 15) is 0 Å². The average Bonchev–Trinajstić information content (AvgIpc) is 2.71. The zero-order chi connectivity index (χ0) is 10.7. The van der Waals surface area contributed by atoms with Crippen molar-refractivity contribution in [3.8, 4) is 0 Å². The monoisotopic (exact) mass is 213 g/mol. The third-order valence-electron chi connectivity index (χ3n) is 3.04. The molecule has 5 nitrogen and oxygen atoms in total. The molecule has 2 atom stereocenters. The first-order valence-corrected chi connectivity index (χ1v) is 5.51. The van der Waals surface area contributed by atoms with E-state index in [1.165, 1.54) is 0 Å². The lowest BCUT2D eigenvalue weighted by Gasteiger charge is -2.33. The maximum Gasteiger partial charge on any atom is 0.127 e. The van der Waals surface area contributed by atoms with Crippen LogP contribution in [0.1, 0.15) is 6.42 Å². The lowest BCUT2D eigenvalue weighted by atomic mass is 10.1. The Labute approximate surface area is 90.0 Å². The van der Waals surface area contributed by atoms with Crippen LogP contribution in [0.4, 0.5) is 0 Å². The molecule has 2 fully saturated rings. The van der Waals surface area contributed by atoms with Crippen molar-refractivity contribution < 1.29 is 9.47 Å². The van der Waals surface area contributed by atoms with Crippen molar-refractivity contribution in [3.63, 3.8) is 0 Å². The number of nitrogens with two attached hydrogens (primary N) is 1. The van der Waals surface area contributed by atoms with Crippen LogP contribution in [0.15, 0.2) is 0 Å². The van der Waals surface area contributed by atoms with Gasteiger partial charge in [-0.2, -0.15) is 0 Å². The van der Waals surface area contributed by atoms with E-state index in [4.69, 9.17) is 20.6 Å². The minimum Gasteiger partial charge on any atom is -0.385 e. The van der Waals surface area contributed by atoms with Gasteiger partial charge in [-0.25, -0.2) is 0 Å². The van der Waals surface area contributed by atoms with Gasteiger partial charge in [0, 0.05) is 26.2 Å². The van der Waals surface area contributed by atoms with E-state index >= 15 is 0 Å². The summed E-state index contributed by atoms with van der Waals surface area (Å²) < 4.78 is 10.8. The number of nitrogens with zero attached hydrogens (tertiary/aromatic N) is 1. The summed E-state index contributed by atoms with van der Waals surface area (Å²) in [5.41, 5.74) is 5.44. The fourth-order valence-corrected chi connectivity index (χ4v) is 2.15. The summed E-state index contributed by atoms with van der Waals surface area (Å²) in [6.07, 6.45) is 0.948. The van der Waals surface area contributed by atoms with Crippen LogP contribution in [-0.4, -0.2) is 56.3 Å². The summed E-state index contributed by atoms with van der Waals surface area (Å²) in [7, 11) is 0. The molecule has 0 aromatic rings. The molecule has 2 aliphatic rings. The van der Waals surface area contributed by atoms with Crippen LogP contribution in [0.5, 0.6) is 0 Å². The molecule has 0 spiro atoms. The maximum atomic E-state index is 7.36. The molecule has 2 aliphatic heterocycles. The minimum absolute atomic E-state index is 0.141. The van der Waals surface area contributed by atoms with Crippen LogP contribution < -0.4 is 5.73 Å². The Bertz CT molecular complexity index is 229. The van der Waals surface area contributed by atoms with Gasteiger partial charge < -0.3 is 15.2 Å². The Morgan fingerprint density at radius 2 is 2.33 bits per heavy atom. The average molecular weight is 213 g/mol. The molecule has 86 valence electrons. The molecule has 0 aromatic carbocycles. The molecule has 0 amide bonds. The maximum absolute atomic E-state index is 7.36. The van der Waals surface area contributed by atoms with Crippen LogP contribution in [-0.2, 0) is 9.47 Å². The highest BCUT2D eigenvalue weighted by molar-refractivity contribution is 5.82. The molecule has 0 aromatic heterocycles. The topological polar surface area (TPSA) is 71.6 Å². The Hall–Kier alpha value is -0.650. The van der Waals surface area contributed by atoms with E-state index in [1.54, 1.807) is 0 Å². The Balaban J connectivity index is 1.79. The van der Waals surface area contributed by atoms with Gasteiger partial charge in [-0.15, -0.1) is 0 Å². The number of hydrogen-bond acceptors (Lipinski definition) is 4. The minimum atomic E-state index is -0.207. The molecule has 0 radical (unpaired) electrons. The van der Waals surface area contributed by atoms with Gasteiger partial charge >= 0.3 is 0 Å². The van der Waals surface area contributed by atoms with Gasteiger partial charge in [-0.05, 0) is 12.3 Å². The van der Waals surface area contributed by atoms with Gasteiger partial charge in [-0.1, -0.05) is 0 Å². The number of hydrogen-bond donors (Lipinski definition) is 2. The fourth-order valence-electron chi connectivity index (χ4n) is 2.15. The summed E-state index contributed by atoms with van der Waals surface area (Å²) in [6.45, 7) is 5.20. The highest BCUT2D eigenvalue weighted by Gasteiger charge is 2.26. The third-order valence-corrected chi connectivity index (χ3v) is 3.04. The molecule has 3 N–H and O–H groups in total. The fraction of sp³-hybridized carbons (Fsp3) is 0.900. The second-order valence-corrected chi connectivity index (χ2v) is 4.30. The standard InChI is InChI=1S/C10H19N3O2/c11-10(12)9-6-13(2-4-15-9)5-8-1-3-14-7-8/h8-9H,1-7H2,(H3,11,12). The molecule has 0 bridgehead atoms. The van der Waals surface area contributed by atoms with Crippen LogP contribution >= 0.6 is 0 Å². The molecule has 2 saturated heterocycles. The molecule has 2 rings (SSSR count). The first-order chi connectivity index (χ1) is 7.25. The quantitative estimate of drug-likeness (QED) is 0.497. The lowest BCUT2D eigenvalue weighted by molar-refractivity contribution is -0.000625. The molecule has 2 unspecified atom stereocenters. The number of morpholine rings is 1. The first-order valence-electron chi connectivity index (χ1n) is 5.51. The predicted octanol–water partition coefficient (Wildman–Crippen LogP) is -0.340. The second kappa shape index (κ2) is 4.92. The van der Waals surface area contributed by atoms with Crippen LogP contribution in [0.2, 0.25) is 0 Å². The molecule has 2 heterocycles. The zero-order valence-corrected chi connectivity index (χ0v) is 8.95. The van der Waals surface area contributed by atoms with Gasteiger partial charge in [0.25, 0.3) is 0 Å². The summed E-state index contributed by atoms with van der Waals surface area (Å²) in [5.74, 6) is 0.790. The number of ether oxygens (including phenoxy) is 2. The first kappa shape index (κ1) is 10.9. The summed E-state index contributed by atoms with van der Waals surface area (Å²) in [4.78, 5) is 2.33. The SMILES string of the molecule is N=C(N)C1CN(CC2CCOC2)CCO1. The largest absolute Gasteiger partial charge is 0.385 e. The number of amidine groups is 1. The Kier molecular flexibility index (Phi) is 3.56. The molecular formula is C10H19N3O2. The predicted molar refractivity (Wildman–Crippen MR) is 57.0 cm³/mol. The summed E-state index contributed by atoms with van der Waals surface area (Å²) >= 11 is 0. The normalized spacial score (nSPS) is 33.1. The Morgan fingerprint density at radius 3 is 3.00 bits per heavy atom. The van der Waals surface area contributed by atoms with E-state index in [0.717, 1.165) is 39.3 Å². The van der Waals surface area contributed by atoms with Gasteiger partial charge in [0.05, 0.1) is 13.2 Å². The van der Waals surface area contributed by atoms with Gasteiger partial charge in [0.1, 0.15) is 11.9 Å². The van der Waals surface area contributed by atoms with E-state index in [1.807, 2.05) is 0 Å². The van der Waals surface area contributed by atoms with Crippen molar-refractivity contribution in [2.45, 2.75) is 12.5 Å². The Morgan fingerprint density at radius 1 is 1.47 bits per heavy atom. The molecule has 0 aliphatic carbocycles. The van der Waals surface area contributed by atoms with Gasteiger partial charge in [-0.3, -0.25) is 10.3 Å². The van der Waals surface area contributed by atoms with Crippen LogP contribution in [0.25, 0.3) is 0 Å². The number of rotatable bonds is 3. The molecular weight excluding hydrogens is 194 g/mol. The van der Waals surface area contributed by atoms with E-state index in [-0.39, 0.29) is 11.9 Å². The molecule has 15 heavy (non-hydrogen) atoms. The summed E-state index contributed by atoms with van der Waals surface area (Å²) in [5, 5.41) is 7.36. The van der Waals surface area contributed by atoms with Crippen molar-refractivity contribution in [3.05, 3.63) is 0 Å². The van der Waals surface area contributed by atoms with Gasteiger partial charge in [0.15, 0.2) is 0 Å². The van der Waals surface area contributed by atoms with Gasteiger partial charge in [0.2, 0.25) is 0 Å². The van der Waals surface area contributed by atoms with Crippen LogP contribution in [0, 0.1) is 11.3 Å². The summed E-state index contributed by atoms with van der Waals surface area (Å²) in [6, 6.07) is 0. The van der Waals surface area contributed by atoms with Crippen molar-refractivity contribution in [2.24, 2.45) is 11.7 Å². The van der Waals surface area contributed by atoms with E-state index in [0.29, 0.717) is 12.5 Å². The second-order valence-electron chi connectivity index (χ2n) is 4.30. The molecule has 0 saturated carbocycles. The number of nitrogens with one attached hydrogen (secondary N) is 1. The van der Waals surface area contributed by atoms with E-state index in [2.05, 4.69) is 4.90 Å². The molecule has 5 heteroatoms. The zero-order valence-electron chi connectivity index (χ0n) is 8.95. The lowest BCUT2D eigenvalue weighted by Crippen LogP contribution is -2.49. The highest BCUT2D eigenvalue weighted by atomic mass is 16.5.